The van der Waals surface area contributed by atoms with E-state index in [0.29, 0.717) is 21.3 Å². The molecule has 2 aromatic heterocycles. The van der Waals surface area contributed by atoms with Crippen molar-refractivity contribution in [3.8, 4) is 0 Å². The highest BCUT2D eigenvalue weighted by Gasteiger charge is 2.12. The van der Waals surface area contributed by atoms with Crippen LogP contribution in [0.3, 0.4) is 0 Å². The first-order valence-corrected chi connectivity index (χ1v) is 9.38. The molecule has 0 spiro atoms. The number of amides is 3. The van der Waals surface area contributed by atoms with Gasteiger partial charge in [-0.2, -0.15) is 0 Å². The molecular weight excluding hydrogens is 372 g/mol. The molecule has 0 atom stereocenters. The second kappa shape index (κ2) is 7.89. The molecule has 0 saturated carbocycles. The van der Waals surface area contributed by atoms with Crippen LogP contribution < -0.4 is 16.0 Å². The summed E-state index contributed by atoms with van der Waals surface area (Å²) in [6.07, 6.45) is 1.63. The van der Waals surface area contributed by atoms with E-state index in [1.807, 2.05) is 48.5 Å². The van der Waals surface area contributed by atoms with Gasteiger partial charge in [0.2, 0.25) is 0 Å². The summed E-state index contributed by atoms with van der Waals surface area (Å²) in [6, 6.07) is 21.7. The van der Waals surface area contributed by atoms with Crippen LogP contribution in [0.5, 0.6) is 0 Å². The fourth-order valence-electron chi connectivity index (χ4n) is 2.65. The monoisotopic (exact) mass is 388 g/mol. The summed E-state index contributed by atoms with van der Waals surface area (Å²) in [6.45, 7) is 0. The van der Waals surface area contributed by atoms with E-state index in [-0.39, 0.29) is 11.9 Å². The number of nitrogens with one attached hydrogen (secondary N) is 3. The van der Waals surface area contributed by atoms with Crippen molar-refractivity contribution >= 4 is 50.6 Å². The van der Waals surface area contributed by atoms with E-state index in [4.69, 9.17) is 0 Å². The smallest absolute Gasteiger partial charge is 0.320 e. The van der Waals surface area contributed by atoms with E-state index in [9.17, 15) is 9.59 Å². The van der Waals surface area contributed by atoms with E-state index < -0.39 is 0 Å². The predicted octanol–water partition coefficient (Wildman–Crippen LogP) is 5.19. The molecule has 138 valence electrons. The van der Waals surface area contributed by atoms with Gasteiger partial charge in [-0.1, -0.05) is 36.4 Å². The second-order valence-corrected chi connectivity index (χ2v) is 7.06. The summed E-state index contributed by atoms with van der Waals surface area (Å²) in [5.74, 6) is -0.251. The fourth-order valence-corrected chi connectivity index (χ4v) is 3.45. The van der Waals surface area contributed by atoms with Crippen LogP contribution in [-0.2, 0) is 0 Å². The molecule has 0 aliphatic carbocycles. The maximum atomic E-state index is 12.5. The van der Waals surface area contributed by atoms with Crippen LogP contribution in [0.25, 0.3) is 10.9 Å². The van der Waals surface area contributed by atoms with Crippen LogP contribution in [0, 0.1) is 0 Å². The van der Waals surface area contributed by atoms with Gasteiger partial charge in [0.15, 0.2) is 0 Å². The van der Waals surface area contributed by atoms with Crippen LogP contribution in [0.1, 0.15) is 9.67 Å². The number of hydrogen-bond acceptors (Lipinski definition) is 4. The number of aromatic nitrogens is 1. The van der Waals surface area contributed by atoms with E-state index in [1.165, 1.54) is 11.3 Å². The van der Waals surface area contributed by atoms with Crippen molar-refractivity contribution in [3.05, 3.63) is 83.9 Å². The van der Waals surface area contributed by atoms with Gasteiger partial charge in [0.1, 0.15) is 0 Å². The highest BCUT2D eigenvalue weighted by atomic mass is 32.1. The number of hydrogen-bond donors (Lipinski definition) is 3. The van der Waals surface area contributed by atoms with Gasteiger partial charge in [-0.05, 0) is 36.4 Å². The number of carbonyl (C=O) groups excluding carboxylic acids is 2. The SMILES string of the molecule is O=C(Nc1ccccc1)Nc1ccc(C(=O)Nc2cnc3ccccc3c2)s1. The van der Waals surface area contributed by atoms with Gasteiger partial charge in [-0.25, -0.2) is 4.79 Å². The minimum absolute atomic E-state index is 0.251. The quantitative estimate of drug-likeness (QED) is 0.450. The summed E-state index contributed by atoms with van der Waals surface area (Å²) >= 11 is 1.20. The van der Waals surface area contributed by atoms with Crippen LogP contribution in [0.15, 0.2) is 79.0 Å². The molecule has 6 nitrogen and oxygen atoms in total. The molecular formula is C21H16N4O2S. The van der Waals surface area contributed by atoms with Crippen LogP contribution in [0.4, 0.5) is 21.2 Å². The summed E-state index contributed by atoms with van der Waals surface area (Å²) in [5.41, 5.74) is 2.18. The molecule has 0 aliphatic heterocycles. The number of fused-ring (bicyclic) bond motifs is 1. The van der Waals surface area contributed by atoms with Gasteiger partial charge in [0.25, 0.3) is 5.91 Å². The molecule has 3 N–H and O–H groups in total. The zero-order valence-electron chi connectivity index (χ0n) is 14.7. The number of urea groups is 1. The molecule has 28 heavy (non-hydrogen) atoms. The minimum atomic E-state index is -0.362. The lowest BCUT2D eigenvalue weighted by atomic mass is 10.2. The molecule has 3 amide bonds. The fraction of sp³-hybridized carbons (Fsp3) is 0. The number of rotatable bonds is 4. The third-order valence-corrected chi connectivity index (χ3v) is 4.95. The second-order valence-electron chi connectivity index (χ2n) is 5.98. The maximum absolute atomic E-state index is 12.5. The highest BCUT2D eigenvalue weighted by molar-refractivity contribution is 7.18. The Bertz CT molecular complexity index is 1140. The summed E-state index contributed by atoms with van der Waals surface area (Å²) < 4.78 is 0. The van der Waals surface area contributed by atoms with E-state index in [2.05, 4.69) is 20.9 Å². The lowest BCUT2D eigenvalue weighted by Gasteiger charge is -2.06. The summed E-state index contributed by atoms with van der Waals surface area (Å²) in [7, 11) is 0. The number of anilines is 3. The van der Waals surface area contributed by atoms with Gasteiger partial charge in [0, 0.05) is 11.1 Å². The number of para-hydroxylation sites is 2. The van der Waals surface area contributed by atoms with Crippen molar-refractivity contribution in [3.63, 3.8) is 0 Å². The van der Waals surface area contributed by atoms with Crippen molar-refractivity contribution in [2.24, 2.45) is 0 Å². The third-order valence-electron chi connectivity index (χ3n) is 3.95. The Labute approximate surface area is 165 Å². The number of pyridine rings is 1. The van der Waals surface area contributed by atoms with Crippen LogP contribution in [-0.4, -0.2) is 16.9 Å². The Morgan fingerprint density at radius 2 is 1.57 bits per heavy atom. The minimum Gasteiger partial charge on any atom is -0.320 e. The number of nitrogens with zero attached hydrogens (tertiary/aromatic N) is 1. The van der Waals surface area contributed by atoms with Gasteiger partial charge >= 0.3 is 6.03 Å². The molecule has 0 aliphatic rings. The normalized spacial score (nSPS) is 10.4. The summed E-state index contributed by atoms with van der Waals surface area (Å²) in [4.78, 5) is 29.4. The Morgan fingerprint density at radius 3 is 2.43 bits per heavy atom. The molecule has 0 saturated heterocycles. The lowest BCUT2D eigenvalue weighted by Crippen LogP contribution is -2.18. The molecule has 7 heteroatoms. The Hall–Kier alpha value is -3.71. The largest absolute Gasteiger partial charge is 0.324 e. The maximum Gasteiger partial charge on any atom is 0.324 e. The molecule has 0 fully saturated rings. The third kappa shape index (κ3) is 4.16. The van der Waals surface area contributed by atoms with E-state index in [0.717, 1.165) is 10.9 Å². The van der Waals surface area contributed by atoms with E-state index >= 15 is 0 Å². The van der Waals surface area contributed by atoms with Gasteiger partial charge in [0.05, 0.1) is 27.3 Å². The lowest BCUT2D eigenvalue weighted by molar-refractivity contribution is 0.103. The van der Waals surface area contributed by atoms with Crippen molar-refractivity contribution in [1.82, 2.24) is 4.98 Å². The molecule has 0 bridgehead atoms. The highest BCUT2D eigenvalue weighted by Crippen LogP contribution is 2.24. The van der Waals surface area contributed by atoms with Crippen LogP contribution >= 0.6 is 11.3 Å². The van der Waals surface area contributed by atoms with Crippen LogP contribution in [0.2, 0.25) is 0 Å². The van der Waals surface area contributed by atoms with Crippen molar-refractivity contribution in [1.29, 1.82) is 0 Å². The average molecular weight is 388 g/mol. The molecule has 2 heterocycles. The number of thiophene rings is 1. The van der Waals surface area contributed by atoms with Gasteiger partial charge < -0.3 is 10.6 Å². The zero-order chi connectivity index (χ0) is 19.3. The standard InChI is InChI=1S/C21H16N4O2S/c26-20(23-16-12-14-6-4-5-9-17(14)22-13-16)18-10-11-19(28-18)25-21(27)24-15-7-2-1-3-8-15/h1-13H,(H,23,26)(H2,24,25,27). The van der Waals surface area contributed by atoms with Gasteiger partial charge in [-0.3, -0.25) is 15.1 Å². The number of carbonyl (C=O) groups is 2. The summed E-state index contributed by atoms with van der Waals surface area (Å²) in [5, 5.41) is 9.83. The first kappa shape index (κ1) is 17.7. The average Bonchev–Trinajstić information content (AvgIpc) is 3.17. The first-order chi connectivity index (χ1) is 13.7. The Kier molecular flexibility index (Phi) is 4.99. The van der Waals surface area contributed by atoms with Gasteiger partial charge in [-0.15, -0.1) is 11.3 Å². The molecule has 0 unspecified atom stereocenters. The van der Waals surface area contributed by atoms with Crippen molar-refractivity contribution < 1.29 is 9.59 Å². The predicted molar refractivity (Wildman–Crippen MR) is 113 cm³/mol. The topological polar surface area (TPSA) is 83.1 Å². The molecule has 4 aromatic rings. The molecule has 4 rings (SSSR count). The van der Waals surface area contributed by atoms with Crippen molar-refractivity contribution in [2.75, 3.05) is 16.0 Å². The first-order valence-electron chi connectivity index (χ1n) is 8.56. The van der Waals surface area contributed by atoms with Crippen molar-refractivity contribution in [2.45, 2.75) is 0 Å². The van der Waals surface area contributed by atoms with E-state index in [1.54, 1.807) is 30.5 Å². The number of benzene rings is 2. The Morgan fingerprint density at radius 1 is 0.786 bits per heavy atom. The molecule has 0 radical (unpaired) electrons. The molecule has 2 aromatic carbocycles. The Balaban J connectivity index is 1.40. The zero-order valence-corrected chi connectivity index (χ0v) is 15.5.